The fraction of sp³-hybridized carbons (Fsp3) is 0.611. The molecule has 25 heavy (non-hydrogen) atoms. The highest BCUT2D eigenvalue weighted by Gasteiger charge is 2.34. The zero-order chi connectivity index (χ0) is 18.0. The van der Waals surface area contributed by atoms with E-state index in [0.717, 1.165) is 18.4 Å². The predicted octanol–water partition coefficient (Wildman–Crippen LogP) is 3.17. The van der Waals surface area contributed by atoms with Gasteiger partial charge in [-0.1, -0.05) is 43.1 Å². The maximum atomic E-state index is 12.9. The van der Waals surface area contributed by atoms with Crippen molar-refractivity contribution >= 4 is 29.1 Å². The molecule has 2 aliphatic heterocycles. The Balaban J connectivity index is 1.61. The lowest BCUT2D eigenvalue weighted by Gasteiger charge is -2.34. The van der Waals surface area contributed by atoms with Gasteiger partial charge in [0.2, 0.25) is 5.91 Å². The molecule has 0 radical (unpaired) electrons. The number of amides is 1. The number of ether oxygens (including phenoxy) is 1. The summed E-state index contributed by atoms with van der Waals surface area (Å²) in [6.07, 6.45) is 1.71. The molecule has 0 aliphatic carbocycles. The van der Waals surface area contributed by atoms with Gasteiger partial charge in [0.15, 0.2) is 0 Å². The molecular weight excluding hydrogens is 361 g/mol. The second-order valence-corrected chi connectivity index (χ2v) is 8.04. The van der Waals surface area contributed by atoms with Crippen molar-refractivity contribution in [3.05, 3.63) is 33.8 Å². The number of rotatable bonds is 4. The van der Waals surface area contributed by atoms with E-state index >= 15 is 0 Å². The molecule has 1 aromatic carbocycles. The molecule has 0 saturated carbocycles. The number of hydrazine groups is 1. The molecule has 2 N–H and O–H groups in total. The van der Waals surface area contributed by atoms with Crippen LogP contribution < -0.4 is 10.9 Å². The van der Waals surface area contributed by atoms with Gasteiger partial charge in [-0.25, -0.2) is 5.43 Å². The van der Waals surface area contributed by atoms with E-state index in [1.807, 2.05) is 17.0 Å². The number of carbonyl (C=O) groups is 1. The minimum atomic E-state index is -0.173. The summed E-state index contributed by atoms with van der Waals surface area (Å²) in [5, 5.41) is 1.02. The van der Waals surface area contributed by atoms with E-state index in [1.54, 1.807) is 6.07 Å². The maximum absolute atomic E-state index is 12.9. The van der Waals surface area contributed by atoms with Crippen LogP contribution in [0.15, 0.2) is 18.2 Å². The molecule has 2 aliphatic rings. The quantitative estimate of drug-likeness (QED) is 0.835. The van der Waals surface area contributed by atoms with Crippen molar-refractivity contribution in [3.63, 3.8) is 0 Å². The standard InChI is InChI=1S/C18H25Cl2N3O2/c1-11(2)7-13-9-16(22-21-13)18(24)23-5-6-25-17(10-23)12-3-4-14(19)15(20)8-12/h3-4,8,11,13,16-17,21-22H,5-7,9-10H2,1-2H3. The molecule has 3 unspecified atom stereocenters. The first-order chi connectivity index (χ1) is 11.9. The van der Waals surface area contributed by atoms with Gasteiger partial charge in [-0.15, -0.1) is 0 Å². The Kier molecular flexibility index (Phi) is 6.23. The zero-order valence-electron chi connectivity index (χ0n) is 14.6. The minimum absolute atomic E-state index is 0.132. The first kappa shape index (κ1) is 18.9. The summed E-state index contributed by atoms with van der Waals surface area (Å²) in [4.78, 5) is 14.7. The van der Waals surface area contributed by atoms with Gasteiger partial charge in [0.05, 0.1) is 23.2 Å². The number of benzene rings is 1. The molecule has 5 nitrogen and oxygen atoms in total. The number of nitrogens with one attached hydrogen (secondary N) is 2. The first-order valence-electron chi connectivity index (χ1n) is 8.80. The number of nitrogens with zero attached hydrogens (tertiary/aromatic N) is 1. The molecule has 0 spiro atoms. The second kappa shape index (κ2) is 8.23. The van der Waals surface area contributed by atoms with Gasteiger partial charge in [0, 0.05) is 12.6 Å². The Morgan fingerprint density at radius 2 is 2.12 bits per heavy atom. The fourth-order valence-electron chi connectivity index (χ4n) is 3.49. The third kappa shape index (κ3) is 4.66. The summed E-state index contributed by atoms with van der Waals surface area (Å²) < 4.78 is 5.84. The molecule has 7 heteroatoms. The molecule has 1 amide bonds. The lowest BCUT2D eigenvalue weighted by Crippen LogP contribution is -2.50. The monoisotopic (exact) mass is 385 g/mol. The van der Waals surface area contributed by atoms with Crippen molar-refractivity contribution < 1.29 is 9.53 Å². The summed E-state index contributed by atoms with van der Waals surface area (Å²) in [5.41, 5.74) is 7.36. The zero-order valence-corrected chi connectivity index (χ0v) is 16.1. The molecule has 2 heterocycles. The Bertz CT molecular complexity index is 626. The Hall–Kier alpha value is -0.850. The largest absolute Gasteiger partial charge is 0.370 e. The molecular formula is C18H25Cl2N3O2. The molecule has 138 valence electrons. The van der Waals surface area contributed by atoms with Crippen LogP contribution in [0.5, 0.6) is 0 Å². The first-order valence-corrected chi connectivity index (χ1v) is 9.56. The number of hydrogen-bond acceptors (Lipinski definition) is 4. The minimum Gasteiger partial charge on any atom is -0.370 e. The van der Waals surface area contributed by atoms with E-state index in [-0.39, 0.29) is 18.1 Å². The second-order valence-electron chi connectivity index (χ2n) is 7.22. The van der Waals surface area contributed by atoms with Gasteiger partial charge in [-0.05, 0) is 36.5 Å². The summed E-state index contributed by atoms with van der Waals surface area (Å²) in [5.74, 6) is 0.739. The maximum Gasteiger partial charge on any atom is 0.241 e. The van der Waals surface area contributed by atoms with E-state index in [9.17, 15) is 4.79 Å². The third-order valence-electron chi connectivity index (χ3n) is 4.73. The van der Waals surface area contributed by atoms with Gasteiger partial charge in [0.25, 0.3) is 0 Å². The van der Waals surface area contributed by atoms with Crippen LogP contribution in [-0.2, 0) is 9.53 Å². The van der Waals surface area contributed by atoms with Crippen LogP contribution in [0.3, 0.4) is 0 Å². The van der Waals surface area contributed by atoms with E-state index in [2.05, 4.69) is 24.7 Å². The molecule has 2 saturated heterocycles. The molecule has 2 fully saturated rings. The number of carbonyl (C=O) groups excluding carboxylic acids is 1. The van der Waals surface area contributed by atoms with Gasteiger partial charge < -0.3 is 9.64 Å². The molecule has 1 aromatic rings. The van der Waals surface area contributed by atoms with E-state index in [0.29, 0.717) is 41.7 Å². The van der Waals surface area contributed by atoms with Crippen molar-refractivity contribution in [2.45, 2.75) is 44.9 Å². The van der Waals surface area contributed by atoms with E-state index < -0.39 is 0 Å². The summed E-state index contributed by atoms with van der Waals surface area (Å²) >= 11 is 12.1. The Morgan fingerprint density at radius 1 is 1.32 bits per heavy atom. The van der Waals surface area contributed by atoms with Crippen LogP contribution >= 0.6 is 23.2 Å². The van der Waals surface area contributed by atoms with Crippen molar-refractivity contribution in [2.75, 3.05) is 19.7 Å². The smallest absolute Gasteiger partial charge is 0.241 e. The molecule has 3 atom stereocenters. The topological polar surface area (TPSA) is 53.6 Å². The third-order valence-corrected chi connectivity index (χ3v) is 5.47. The molecule has 0 bridgehead atoms. The summed E-state index contributed by atoms with van der Waals surface area (Å²) in [7, 11) is 0. The van der Waals surface area contributed by atoms with Gasteiger partial charge >= 0.3 is 0 Å². The van der Waals surface area contributed by atoms with Crippen LogP contribution in [0.1, 0.15) is 38.4 Å². The van der Waals surface area contributed by atoms with Crippen LogP contribution in [0.4, 0.5) is 0 Å². The SMILES string of the molecule is CC(C)CC1CC(C(=O)N2CCOC(c3ccc(Cl)c(Cl)c3)C2)NN1. The van der Waals surface area contributed by atoms with Gasteiger partial charge in [0.1, 0.15) is 12.1 Å². The van der Waals surface area contributed by atoms with Crippen LogP contribution in [0.2, 0.25) is 10.0 Å². The van der Waals surface area contributed by atoms with Crippen molar-refractivity contribution in [3.8, 4) is 0 Å². The Labute approximate surface area is 159 Å². The highest BCUT2D eigenvalue weighted by molar-refractivity contribution is 6.42. The van der Waals surface area contributed by atoms with Crippen molar-refractivity contribution in [1.82, 2.24) is 15.8 Å². The lowest BCUT2D eigenvalue weighted by atomic mass is 9.99. The summed E-state index contributed by atoms with van der Waals surface area (Å²) in [6.45, 7) is 6.06. The lowest BCUT2D eigenvalue weighted by molar-refractivity contribution is -0.141. The number of hydrogen-bond donors (Lipinski definition) is 2. The van der Waals surface area contributed by atoms with E-state index in [1.165, 1.54) is 0 Å². The number of halogens is 2. The average molecular weight is 386 g/mol. The van der Waals surface area contributed by atoms with Gasteiger partial charge in [-0.2, -0.15) is 0 Å². The fourth-order valence-corrected chi connectivity index (χ4v) is 3.80. The van der Waals surface area contributed by atoms with Crippen LogP contribution in [0.25, 0.3) is 0 Å². The van der Waals surface area contributed by atoms with Crippen LogP contribution in [-0.4, -0.2) is 42.6 Å². The highest BCUT2D eigenvalue weighted by Crippen LogP contribution is 2.29. The Morgan fingerprint density at radius 3 is 2.84 bits per heavy atom. The number of morpholine rings is 1. The predicted molar refractivity (Wildman–Crippen MR) is 99.7 cm³/mol. The highest BCUT2D eigenvalue weighted by atomic mass is 35.5. The van der Waals surface area contributed by atoms with Crippen LogP contribution in [0, 0.1) is 5.92 Å². The average Bonchev–Trinajstić information content (AvgIpc) is 3.04. The molecule has 3 rings (SSSR count). The summed E-state index contributed by atoms with van der Waals surface area (Å²) in [6, 6.07) is 5.66. The molecule has 0 aromatic heterocycles. The van der Waals surface area contributed by atoms with Crippen molar-refractivity contribution in [1.29, 1.82) is 0 Å². The van der Waals surface area contributed by atoms with E-state index in [4.69, 9.17) is 27.9 Å². The van der Waals surface area contributed by atoms with Crippen molar-refractivity contribution in [2.24, 2.45) is 5.92 Å². The normalized spacial score (nSPS) is 27.1. The van der Waals surface area contributed by atoms with Gasteiger partial charge in [-0.3, -0.25) is 10.2 Å².